The van der Waals surface area contributed by atoms with Crippen LogP contribution in [0.4, 0.5) is 0 Å². The van der Waals surface area contributed by atoms with Crippen LogP contribution in [0, 0.1) is 0 Å². The lowest BCUT2D eigenvalue weighted by Gasteiger charge is -2.16. The Kier molecular flexibility index (Phi) is 4.34. The third kappa shape index (κ3) is 3.40. The molecular weight excluding hydrogens is 328 g/mol. The molecule has 19 heavy (non-hydrogen) atoms. The lowest BCUT2D eigenvalue weighted by molar-refractivity contribution is 0.462. The highest BCUT2D eigenvalue weighted by Crippen LogP contribution is 2.18. The predicted molar refractivity (Wildman–Crippen MR) is 77.0 cm³/mol. The van der Waals surface area contributed by atoms with Gasteiger partial charge in [-0.25, -0.2) is 8.42 Å². The molecule has 0 bridgehead atoms. The van der Waals surface area contributed by atoms with E-state index in [4.69, 9.17) is 0 Å². The fourth-order valence-electron chi connectivity index (χ4n) is 1.59. The molecule has 0 atom stereocenters. The van der Waals surface area contributed by atoms with Crippen LogP contribution in [-0.4, -0.2) is 24.8 Å². The quantitative estimate of drug-likeness (QED) is 0.859. The highest BCUT2D eigenvalue weighted by atomic mass is 79.9. The molecule has 0 aliphatic rings. The second kappa shape index (κ2) is 5.81. The largest absolute Gasteiger partial charge is 0.260 e. The van der Waals surface area contributed by atoms with Gasteiger partial charge in [-0.3, -0.25) is 4.98 Å². The summed E-state index contributed by atoms with van der Waals surface area (Å²) < 4.78 is 26.8. The molecule has 6 heteroatoms. The van der Waals surface area contributed by atoms with Gasteiger partial charge in [-0.15, -0.1) is 0 Å². The lowest BCUT2D eigenvalue weighted by Crippen LogP contribution is -2.26. The number of benzene rings is 1. The van der Waals surface area contributed by atoms with Crippen LogP contribution < -0.4 is 0 Å². The molecule has 0 amide bonds. The third-order valence-corrected chi connectivity index (χ3v) is 4.98. The van der Waals surface area contributed by atoms with Crippen molar-refractivity contribution in [2.24, 2.45) is 0 Å². The molecule has 1 aromatic heterocycles. The maximum Gasteiger partial charge on any atom is 0.243 e. The summed E-state index contributed by atoms with van der Waals surface area (Å²) in [6.45, 7) is 0.249. The first-order chi connectivity index (χ1) is 9.00. The first-order valence-electron chi connectivity index (χ1n) is 5.62. The Morgan fingerprint density at radius 3 is 2.42 bits per heavy atom. The second-order valence-electron chi connectivity index (χ2n) is 4.04. The van der Waals surface area contributed by atoms with Gasteiger partial charge in [0.1, 0.15) is 0 Å². The minimum absolute atomic E-state index is 0.249. The maximum atomic E-state index is 12.3. The van der Waals surface area contributed by atoms with Crippen LogP contribution in [0.5, 0.6) is 0 Å². The minimum Gasteiger partial charge on any atom is -0.260 e. The SMILES string of the molecule is CN(Cc1ccccn1)S(=O)(=O)c1ccc(Br)cc1. The van der Waals surface area contributed by atoms with Crippen LogP contribution in [0.2, 0.25) is 0 Å². The predicted octanol–water partition coefficient (Wildman–Crippen LogP) is 2.66. The summed E-state index contributed by atoms with van der Waals surface area (Å²) in [5.41, 5.74) is 0.714. The average molecular weight is 341 g/mol. The molecule has 1 aromatic carbocycles. The van der Waals surface area contributed by atoms with E-state index in [9.17, 15) is 8.42 Å². The third-order valence-electron chi connectivity index (χ3n) is 2.63. The Bertz CT molecular complexity index is 642. The molecule has 0 saturated carbocycles. The zero-order valence-corrected chi connectivity index (χ0v) is 12.7. The van der Waals surface area contributed by atoms with Crippen molar-refractivity contribution < 1.29 is 8.42 Å². The molecule has 0 spiro atoms. The van der Waals surface area contributed by atoms with Crippen molar-refractivity contribution in [1.82, 2.24) is 9.29 Å². The molecule has 0 aliphatic heterocycles. The van der Waals surface area contributed by atoms with Gasteiger partial charge < -0.3 is 0 Å². The molecule has 2 aromatic rings. The van der Waals surface area contributed by atoms with E-state index in [-0.39, 0.29) is 11.4 Å². The Balaban J connectivity index is 2.22. The Labute approximate surface area is 121 Å². The van der Waals surface area contributed by atoms with E-state index in [1.165, 1.54) is 4.31 Å². The van der Waals surface area contributed by atoms with Crippen molar-refractivity contribution in [2.75, 3.05) is 7.05 Å². The molecular formula is C13H13BrN2O2S. The monoisotopic (exact) mass is 340 g/mol. The smallest absolute Gasteiger partial charge is 0.243 e. The minimum atomic E-state index is -3.48. The van der Waals surface area contributed by atoms with Gasteiger partial charge in [-0.05, 0) is 36.4 Å². The number of hydrogen-bond donors (Lipinski definition) is 0. The van der Waals surface area contributed by atoms with Crippen LogP contribution in [-0.2, 0) is 16.6 Å². The number of nitrogens with zero attached hydrogens (tertiary/aromatic N) is 2. The molecule has 0 saturated heterocycles. The van der Waals surface area contributed by atoms with Gasteiger partial charge in [0.25, 0.3) is 0 Å². The van der Waals surface area contributed by atoms with E-state index in [1.807, 2.05) is 6.07 Å². The Morgan fingerprint density at radius 2 is 1.84 bits per heavy atom. The van der Waals surface area contributed by atoms with E-state index in [0.29, 0.717) is 5.69 Å². The molecule has 2 rings (SSSR count). The highest BCUT2D eigenvalue weighted by Gasteiger charge is 2.20. The number of pyridine rings is 1. The van der Waals surface area contributed by atoms with Gasteiger partial charge in [-0.2, -0.15) is 4.31 Å². The number of hydrogen-bond acceptors (Lipinski definition) is 3. The molecule has 0 aliphatic carbocycles. The van der Waals surface area contributed by atoms with Crippen molar-refractivity contribution in [3.05, 3.63) is 58.8 Å². The van der Waals surface area contributed by atoms with Crippen LogP contribution >= 0.6 is 15.9 Å². The standard InChI is InChI=1S/C13H13BrN2O2S/c1-16(10-12-4-2-3-9-15-12)19(17,18)13-7-5-11(14)6-8-13/h2-9H,10H2,1H3. The summed E-state index contributed by atoms with van der Waals surface area (Å²) >= 11 is 3.28. The summed E-state index contributed by atoms with van der Waals surface area (Å²) in [6.07, 6.45) is 1.65. The van der Waals surface area contributed by atoms with Gasteiger partial charge in [0.05, 0.1) is 17.1 Å². The number of aromatic nitrogens is 1. The molecule has 100 valence electrons. The van der Waals surface area contributed by atoms with Gasteiger partial charge in [-0.1, -0.05) is 22.0 Å². The van der Waals surface area contributed by atoms with Crippen LogP contribution in [0.15, 0.2) is 58.0 Å². The molecule has 4 nitrogen and oxygen atoms in total. The molecule has 0 radical (unpaired) electrons. The average Bonchev–Trinajstić information content (AvgIpc) is 2.40. The number of rotatable bonds is 4. The molecule has 1 heterocycles. The lowest BCUT2D eigenvalue weighted by atomic mass is 10.3. The zero-order chi connectivity index (χ0) is 13.9. The molecule has 0 unspecified atom stereocenters. The molecule has 0 fully saturated rings. The normalized spacial score (nSPS) is 11.7. The summed E-state index contributed by atoms with van der Waals surface area (Å²) in [6, 6.07) is 12.0. The summed E-state index contributed by atoms with van der Waals surface area (Å²) in [7, 11) is -1.93. The van der Waals surface area contributed by atoms with E-state index in [0.717, 1.165) is 4.47 Å². The number of sulfonamides is 1. The van der Waals surface area contributed by atoms with E-state index in [1.54, 1.807) is 49.6 Å². The van der Waals surface area contributed by atoms with Crippen LogP contribution in [0.3, 0.4) is 0 Å². The zero-order valence-electron chi connectivity index (χ0n) is 10.3. The van der Waals surface area contributed by atoms with E-state index < -0.39 is 10.0 Å². The summed E-state index contributed by atoms with van der Waals surface area (Å²) in [5, 5.41) is 0. The van der Waals surface area contributed by atoms with Crippen molar-refractivity contribution >= 4 is 26.0 Å². The first-order valence-corrected chi connectivity index (χ1v) is 7.85. The maximum absolute atomic E-state index is 12.3. The van der Waals surface area contributed by atoms with Gasteiger partial charge in [0.15, 0.2) is 0 Å². The van der Waals surface area contributed by atoms with E-state index >= 15 is 0 Å². The Morgan fingerprint density at radius 1 is 1.16 bits per heavy atom. The van der Waals surface area contributed by atoms with Crippen molar-refractivity contribution in [2.45, 2.75) is 11.4 Å². The fraction of sp³-hybridized carbons (Fsp3) is 0.154. The van der Waals surface area contributed by atoms with Gasteiger partial charge >= 0.3 is 0 Å². The second-order valence-corrected chi connectivity index (χ2v) is 7.00. The topological polar surface area (TPSA) is 50.3 Å². The van der Waals surface area contributed by atoms with Crippen LogP contribution in [0.1, 0.15) is 5.69 Å². The van der Waals surface area contributed by atoms with Crippen LogP contribution in [0.25, 0.3) is 0 Å². The van der Waals surface area contributed by atoms with Gasteiger partial charge in [0.2, 0.25) is 10.0 Å². The Hall–Kier alpha value is -1.24. The first kappa shape index (κ1) is 14.2. The van der Waals surface area contributed by atoms with Crippen molar-refractivity contribution in [3.8, 4) is 0 Å². The van der Waals surface area contributed by atoms with Gasteiger partial charge in [0, 0.05) is 17.7 Å². The fourth-order valence-corrected chi connectivity index (χ4v) is 3.00. The van der Waals surface area contributed by atoms with E-state index in [2.05, 4.69) is 20.9 Å². The molecule has 0 N–H and O–H groups in total. The summed E-state index contributed by atoms with van der Waals surface area (Å²) in [5.74, 6) is 0. The van der Waals surface area contributed by atoms with Crippen molar-refractivity contribution in [1.29, 1.82) is 0 Å². The number of halogens is 1. The van der Waals surface area contributed by atoms with Crippen molar-refractivity contribution in [3.63, 3.8) is 0 Å². The summed E-state index contributed by atoms with van der Waals surface area (Å²) in [4.78, 5) is 4.40. The highest BCUT2D eigenvalue weighted by molar-refractivity contribution is 9.10.